The first-order chi connectivity index (χ1) is 12.3. The van der Waals surface area contributed by atoms with Crippen molar-refractivity contribution in [1.82, 2.24) is 25.7 Å². The number of pyridine rings is 1. The number of nitrogens with one attached hydrogen (secondary N) is 2. The zero-order valence-electron chi connectivity index (χ0n) is 13.3. The quantitative estimate of drug-likeness (QED) is 0.603. The molecule has 25 heavy (non-hydrogen) atoms. The molecule has 2 heterocycles. The minimum atomic E-state index is -0.279. The average Bonchev–Trinajstić information content (AvgIpc) is 3.16. The molecule has 0 fully saturated rings. The van der Waals surface area contributed by atoms with E-state index >= 15 is 0 Å². The number of carbonyl (C=O) groups is 1. The third-order valence-corrected chi connectivity index (χ3v) is 4.04. The molecule has 4 rings (SSSR count). The second-order valence-electron chi connectivity index (χ2n) is 5.59. The van der Waals surface area contributed by atoms with Crippen LogP contribution in [-0.4, -0.2) is 26.3 Å². The maximum absolute atomic E-state index is 12.9. The van der Waals surface area contributed by atoms with Crippen LogP contribution in [0.15, 0.2) is 73.1 Å². The fourth-order valence-electron chi connectivity index (χ4n) is 2.82. The van der Waals surface area contributed by atoms with Crippen molar-refractivity contribution in [3.8, 4) is 0 Å². The summed E-state index contributed by atoms with van der Waals surface area (Å²) in [4.78, 5) is 17.0. The molecule has 2 aromatic carbocycles. The Labute approximate surface area is 143 Å². The number of benzene rings is 2. The number of rotatable bonds is 4. The highest BCUT2D eigenvalue weighted by atomic mass is 16.1. The van der Waals surface area contributed by atoms with Gasteiger partial charge in [-0.05, 0) is 35.4 Å². The fraction of sp³-hybridized carbons (Fsp3) is 0.0526. The first-order valence-electron chi connectivity index (χ1n) is 7.88. The number of aromatic amines is 1. The average molecular weight is 329 g/mol. The highest BCUT2D eigenvalue weighted by molar-refractivity contribution is 6.04. The van der Waals surface area contributed by atoms with E-state index in [1.807, 2.05) is 48.5 Å². The standard InChI is InChI=1S/C19H15N5O/c25-19(15-7-4-8-16-18(15)23-24-22-16)21-17(13-5-2-1-3-6-13)14-9-11-20-12-10-14/h1-12,17H,(H,21,25)(H,22,23,24)/t17-/m0/s1. The molecule has 1 atom stereocenters. The summed E-state index contributed by atoms with van der Waals surface area (Å²) in [5.41, 5.74) is 3.66. The number of amides is 1. The number of para-hydroxylation sites is 1. The Kier molecular flexibility index (Phi) is 3.92. The van der Waals surface area contributed by atoms with Crippen LogP contribution in [0.4, 0.5) is 0 Å². The van der Waals surface area contributed by atoms with Gasteiger partial charge in [-0.1, -0.05) is 36.4 Å². The summed E-state index contributed by atoms with van der Waals surface area (Å²) in [6.45, 7) is 0. The summed E-state index contributed by atoms with van der Waals surface area (Å²) >= 11 is 0. The van der Waals surface area contributed by atoms with E-state index in [-0.39, 0.29) is 11.9 Å². The lowest BCUT2D eigenvalue weighted by Gasteiger charge is -2.19. The van der Waals surface area contributed by atoms with E-state index < -0.39 is 0 Å². The molecule has 6 nitrogen and oxygen atoms in total. The highest BCUT2D eigenvalue weighted by Gasteiger charge is 2.20. The minimum Gasteiger partial charge on any atom is -0.341 e. The summed E-state index contributed by atoms with van der Waals surface area (Å²) < 4.78 is 0. The van der Waals surface area contributed by atoms with Crippen LogP contribution in [0.3, 0.4) is 0 Å². The zero-order chi connectivity index (χ0) is 17.1. The van der Waals surface area contributed by atoms with Gasteiger partial charge in [0.2, 0.25) is 0 Å². The monoisotopic (exact) mass is 329 g/mol. The molecule has 0 bridgehead atoms. The van der Waals surface area contributed by atoms with Crippen molar-refractivity contribution < 1.29 is 4.79 Å². The Hall–Kier alpha value is -3.54. The third-order valence-electron chi connectivity index (χ3n) is 4.04. The number of hydrogen-bond donors (Lipinski definition) is 2. The van der Waals surface area contributed by atoms with Crippen molar-refractivity contribution in [3.05, 3.63) is 89.7 Å². The molecule has 0 spiro atoms. The Morgan fingerprint density at radius 1 is 0.880 bits per heavy atom. The molecule has 1 amide bonds. The number of H-pyrrole nitrogens is 1. The maximum atomic E-state index is 12.9. The summed E-state index contributed by atoms with van der Waals surface area (Å²) in [5.74, 6) is -0.204. The largest absolute Gasteiger partial charge is 0.341 e. The van der Waals surface area contributed by atoms with Crippen molar-refractivity contribution in [2.24, 2.45) is 0 Å². The molecule has 122 valence electrons. The van der Waals surface area contributed by atoms with E-state index in [0.717, 1.165) is 11.1 Å². The number of hydrogen-bond acceptors (Lipinski definition) is 4. The lowest BCUT2D eigenvalue weighted by Crippen LogP contribution is -2.29. The van der Waals surface area contributed by atoms with Crippen molar-refractivity contribution in [1.29, 1.82) is 0 Å². The second kappa shape index (κ2) is 6.52. The molecular formula is C19H15N5O. The number of aromatic nitrogens is 4. The molecule has 2 aromatic heterocycles. The molecule has 0 aliphatic rings. The predicted molar refractivity (Wildman–Crippen MR) is 93.9 cm³/mol. The summed E-state index contributed by atoms with van der Waals surface area (Å²) in [5, 5.41) is 13.8. The molecular weight excluding hydrogens is 314 g/mol. The van der Waals surface area contributed by atoms with Crippen LogP contribution in [0.2, 0.25) is 0 Å². The molecule has 4 aromatic rings. The number of carbonyl (C=O) groups excluding carboxylic acids is 1. The lowest BCUT2D eigenvalue weighted by atomic mass is 9.99. The van der Waals surface area contributed by atoms with E-state index in [9.17, 15) is 4.79 Å². The van der Waals surface area contributed by atoms with Crippen molar-refractivity contribution in [2.75, 3.05) is 0 Å². The summed E-state index contributed by atoms with van der Waals surface area (Å²) in [6, 6.07) is 18.7. The molecule has 0 saturated heterocycles. The van der Waals surface area contributed by atoms with Crippen LogP contribution in [0.5, 0.6) is 0 Å². The van der Waals surface area contributed by atoms with Gasteiger partial charge in [-0.25, -0.2) is 0 Å². The van der Waals surface area contributed by atoms with Crippen LogP contribution >= 0.6 is 0 Å². The normalized spacial score (nSPS) is 12.0. The first kappa shape index (κ1) is 15.0. The van der Waals surface area contributed by atoms with Crippen LogP contribution < -0.4 is 5.32 Å². The molecule has 0 saturated carbocycles. The van der Waals surface area contributed by atoms with Crippen molar-refractivity contribution in [2.45, 2.75) is 6.04 Å². The molecule has 6 heteroatoms. The highest BCUT2D eigenvalue weighted by Crippen LogP contribution is 2.23. The van der Waals surface area contributed by atoms with Gasteiger partial charge < -0.3 is 5.32 Å². The lowest BCUT2D eigenvalue weighted by molar-refractivity contribution is 0.0944. The second-order valence-corrected chi connectivity index (χ2v) is 5.59. The number of fused-ring (bicyclic) bond motifs is 1. The molecule has 0 unspecified atom stereocenters. The van der Waals surface area contributed by atoms with Gasteiger partial charge in [-0.3, -0.25) is 9.78 Å². The van der Waals surface area contributed by atoms with Crippen LogP contribution in [-0.2, 0) is 0 Å². The van der Waals surface area contributed by atoms with Gasteiger partial charge in [0, 0.05) is 12.4 Å². The van der Waals surface area contributed by atoms with Gasteiger partial charge >= 0.3 is 0 Å². The Bertz CT molecular complexity index is 958. The van der Waals surface area contributed by atoms with Crippen molar-refractivity contribution >= 4 is 16.9 Å². The predicted octanol–water partition coefficient (Wildman–Crippen LogP) is 2.87. The Morgan fingerprint density at radius 2 is 1.64 bits per heavy atom. The van der Waals surface area contributed by atoms with E-state index in [4.69, 9.17) is 0 Å². The zero-order valence-corrected chi connectivity index (χ0v) is 13.3. The van der Waals surface area contributed by atoms with E-state index in [0.29, 0.717) is 16.6 Å². The van der Waals surface area contributed by atoms with Crippen LogP contribution in [0.25, 0.3) is 11.0 Å². The van der Waals surface area contributed by atoms with Crippen molar-refractivity contribution in [3.63, 3.8) is 0 Å². The fourth-order valence-corrected chi connectivity index (χ4v) is 2.82. The third kappa shape index (κ3) is 2.97. The van der Waals surface area contributed by atoms with E-state index in [2.05, 4.69) is 25.7 Å². The number of nitrogens with zero attached hydrogens (tertiary/aromatic N) is 3. The Balaban J connectivity index is 1.72. The smallest absolute Gasteiger partial charge is 0.254 e. The van der Waals surface area contributed by atoms with E-state index in [1.54, 1.807) is 24.5 Å². The van der Waals surface area contributed by atoms with Gasteiger partial charge in [0.15, 0.2) is 0 Å². The summed E-state index contributed by atoms with van der Waals surface area (Å²) in [6.07, 6.45) is 3.44. The molecule has 2 N–H and O–H groups in total. The van der Waals surface area contributed by atoms with Gasteiger partial charge in [0.1, 0.15) is 11.0 Å². The molecule has 0 radical (unpaired) electrons. The van der Waals surface area contributed by atoms with Crippen LogP contribution in [0, 0.1) is 0 Å². The van der Waals surface area contributed by atoms with Gasteiger partial charge in [-0.2, -0.15) is 15.4 Å². The molecule has 0 aliphatic carbocycles. The first-order valence-corrected chi connectivity index (χ1v) is 7.88. The Morgan fingerprint density at radius 3 is 2.44 bits per heavy atom. The summed E-state index contributed by atoms with van der Waals surface area (Å²) in [7, 11) is 0. The molecule has 0 aliphatic heterocycles. The van der Waals surface area contributed by atoms with Gasteiger partial charge in [-0.15, -0.1) is 0 Å². The van der Waals surface area contributed by atoms with Crippen LogP contribution in [0.1, 0.15) is 27.5 Å². The SMILES string of the molecule is O=C(N[C@@H](c1ccccc1)c1ccncc1)c1cccc2n[nH]nc12. The van der Waals surface area contributed by atoms with Gasteiger partial charge in [0.05, 0.1) is 11.6 Å². The topological polar surface area (TPSA) is 83.6 Å². The van der Waals surface area contributed by atoms with Gasteiger partial charge in [0.25, 0.3) is 5.91 Å². The maximum Gasteiger partial charge on any atom is 0.254 e. The van der Waals surface area contributed by atoms with E-state index in [1.165, 1.54) is 0 Å². The minimum absolute atomic E-state index is 0.204.